The predicted octanol–water partition coefficient (Wildman–Crippen LogP) is 1.91. The van der Waals surface area contributed by atoms with Gasteiger partial charge in [0.05, 0.1) is 19.8 Å². The first-order chi connectivity index (χ1) is 11.9. The normalized spacial score (nSPS) is 15.0. The molecule has 24 heavy (non-hydrogen) atoms. The smallest absolute Gasteiger partial charge is 0.0642 e. The van der Waals surface area contributed by atoms with Crippen molar-refractivity contribution in [2.24, 2.45) is 0 Å². The van der Waals surface area contributed by atoms with E-state index >= 15 is 0 Å². The molecule has 1 aliphatic rings. The van der Waals surface area contributed by atoms with E-state index in [1.165, 1.54) is 11.3 Å². The Morgan fingerprint density at radius 2 is 1.92 bits per heavy atom. The fraction of sp³-hybridized carbons (Fsp3) is 0.421. The standard InChI is InChI=1S/C19H25N3O2/c23-11-8-21(15-17-4-3-7-20-14-17)16-18-5-1-2-6-19(18)22-9-12-24-13-10-22/h1-7,14,23H,8-13,15-16H2. The number of hydrogen-bond acceptors (Lipinski definition) is 5. The third-order valence-corrected chi connectivity index (χ3v) is 4.28. The van der Waals surface area contributed by atoms with Crippen LogP contribution < -0.4 is 4.90 Å². The van der Waals surface area contributed by atoms with Crippen molar-refractivity contribution < 1.29 is 9.84 Å². The summed E-state index contributed by atoms with van der Waals surface area (Å²) < 4.78 is 5.47. The van der Waals surface area contributed by atoms with Gasteiger partial charge in [0.15, 0.2) is 0 Å². The molecule has 1 aliphatic heterocycles. The molecule has 0 aliphatic carbocycles. The number of aliphatic hydroxyl groups excluding tert-OH is 1. The van der Waals surface area contributed by atoms with Crippen LogP contribution in [0.5, 0.6) is 0 Å². The monoisotopic (exact) mass is 327 g/mol. The lowest BCUT2D eigenvalue weighted by atomic mass is 10.1. The van der Waals surface area contributed by atoms with Crippen molar-refractivity contribution in [2.75, 3.05) is 44.4 Å². The molecule has 3 rings (SSSR count). The van der Waals surface area contributed by atoms with Crippen molar-refractivity contribution in [3.8, 4) is 0 Å². The quantitative estimate of drug-likeness (QED) is 0.842. The van der Waals surface area contributed by atoms with Gasteiger partial charge in [-0.3, -0.25) is 9.88 Å². The number of anilines is 1. The molecule has 0 amide bonds. The van der Waals surface area contributed by atoms with Crippen molar-refractivity contribution in [2.45, 2.75) is 13.1 Å². The summed E-state index contributed by atoms with van der Waals surface area (Å²) in [6, 6.07) is 12.6. The van der Waals surface area contributed by atoms with E-state index in [9.17, 15) is 5.11 Å². The van der Waals surface area contributed by atoms with Gasteiger partial charge in [-0.25, -0.2) is 0 Å². The molecule has 1 N–H and O–H groups in total. The Kier molecular flexibility index (Phi) is 6.18. The molecule has 5 nitrogen and oxygen atoms in total. The third-order valence-electron chi connectivity index (χ3n) is 4.28. The lowest BCUT2D eigenvalue weighted by molar-refractivity contribution is 0.122. The van der Waals surface area contributed by atoms with Gasteiger partial charge in [0.2, 0.25) is 0 Å². The van der Waals surface area contributed by atoms with E-state index in [-0.39, 0.29) is 6.61 Å². The molecule has 5 heteroatoms. The number of ether oxygens (including phenoxy) is 1. The molecule has 0 unspecified atom stereocenters. The zero-order valence-electron chi connectivity index (χ0n) is 14.0. The number of aromatic nitrogens is 1. The highest BCUT2D eigenvalue weighted by molar-refractivity contribution is 5.54. The second kappa shape index (κ2) is 8.78. The maximum Gasteiger partial charge on any atom is 0.0642 e. The van der Waals surface area contributed by atoms with E-state index in [0.29, 0.717) is 6.54 Å². The zero-order chi connectivity index (χ0) is 16.6. The summed E-state index contributed by atoms with van der Waals surface area (Å²) in [5.74, 6) is 0. The van der Waals surface area contributed by atoms with E-state index in [1.54, 1.807) is 6.20 Å². The Balaban J connectivity index is 1.74. The van der Waals surface area contributed by atoms with Gasteiger partial charge in [-0.15, -0.1) is 0 Å². The predicted molar refractivity (Wildman–Crippen MR) is 94.9 cm³/mol. The highest BCUT2D eigenvalue weighted by Crippen LogP contribution is 2.23. The SMILES string of the molecule is OCCN(Cc1cccnc1)Cc1ccccc1N1CCOCC1. The van der Waals surface area contributed by atoms with Gasteiger partial charge in [-0.05, 0) is 23.3 Å². The van der Waals surface area contributed by atoms with Crippen LogP contribution in [0.4, 0.5) is 5.69 Å². The topological polar surface area (TPSA) is 48.8 Å². The highest BCUT2D eigenvalue weighted by atomic mass is 16.5. The average molecular weight is 327 g/mol. The molecular weight excluding hydrogens is 302 g/mol. The van der Waals surface area contributed by atoms with Crippen molar-refractivity contribution >= 4 is 5.69 Å². The summed E-state index contributed by atoms with van der Waals surface area (Å²) in [5.41, 5.74) is 3.72. The first kappa shape index (κ1) is 16.9. The van der Waals surface area contributed by atoms with Gasteiger partial charge < -0.3 is 14.7 Å². The van der Waals surface area contributed by atoms with Crippen LogP contribution in [0.2, 0.25) is 0 Å². The lowest BCUT2D eigenvalue weighted by Crippen LogP contribution is -2.37. The number of hydrogen-bond donors (Lipinski definition) is 1. The number of rotatable bonds is 7. The van der Waals surface area contributed by atoms with Gasteiger partial charge in [0.25, 0.3) is 0 Å². The van der Waals surface area contributed by atoms with Crippen LogP contribution in [0.3, 0.4) is 0 Å². The van der Waals surface area contributed by atoms with Gasteiger partial charge in [-0.1, -0.05) is 24.3 Å². The number of morpholine rings is 1. The Morgan fingerprint density at radius 1 is 1.08 bits per heavy atom. The Morgan fingerprint density at radius 3 is 2.67 bits per heavy atom. The number of nitrogens with zero attached hydrogens (tertiary/aromatic N) is 3. The van der Waals surface area contributed by atoms with Crippen LogP contribution in [0.25, 0.3) is 0 Å². The van der Waals surface area contributed by atoms with Crippen molar-refractivity contribution in [1.29, 1.82) is 0 Å². The first-order valence-electron chi connectivity index (χ1n) is 8.49. The summed E-state index contributed by atoms with van der Waals surface area (Å²) in [4.78, 5) is 8.83. The third kappa shape index (κ3) is 4.54. The minimum absolute atomic E-state index is 0.153. The Bertz CT molecular complexity index is 615. The van der Waals surface area contributed by atoms with Crippen LogP contribution in [0, 0.1) is 0 Å². The first-order valence-corrected chi connectivity index (χ1v) is 8.49. The molecule has 0 atom stereocenters. The van der Waals surface area contributed by atoms with Crippen LogP contribution in [0.1, 0.15) is 11.1 Å². The second-order valence-corrected chi connectivity index (χ2v) is 6.02. The highest BCUT2D eigenvalue weighted by Gasteiger charge is 2.16. The summed E-state index contributed by atoms with van der Waals surface area (Å²) >= 11 is 0. The van der Waals surface area contributed by atoms with Gasteiger partial charge in [0, 0.05) is 50.8 Å². The fourth-order valence-corrected chi connectivity index (χ4v) is 3.10. The molecule has 0 saturated carbocycles. The lowest BCUT2D eigenvalue weighted by Gasteiger charge is -2.32. The van der Waals surface area contributed by atoms with Gasteiger partial charge in [-0.2, -0.15) is 0 Å². The molecule has 1 saturated heterocycles. The Labute approximate surface area is 143 Å². The van der Waals surface area contributed by atoms with E-state index in [4.69, 9.17) is 4.74 Å². The summed E-state index contributed by atoms with van der Waals surface area (Å²) in [6.45, 7) is 5.81. The zero-order valence-corrected chi connectivity index (χ0v) is 14.0. The largest absolute Gasteiger partial charge is 0.395 e. The molecule has 1 aromatic carbocycles. The number of pyridine rings is 1. The Hall–Kier alpha value is -1.95. The molecule has 0 bridgehead atoms. The van der Waals surface area contributed by atoms with E-state index in [2.05, 4.69) is 45.1 Å². The van der Waals surface area contributed by atoms with Crippen molar-refractivity contribution in [3.05, 3.63) is 59.9 Å². The number of aliphatic hydroxyl groups is 1. The fourth-order valence-electron chi connectivity index (χ4n) is 3.10. The van der Waals surface area contributed by atoms with Crippen LogP contribution >= 0.6 is 0 Å². The van der Waals surface area contributed by atoms with E-state index < -0.39 is 0 Å². The summed E-state index contributed by atoms with van der Waals surface area (Å²) in [6.07, 6.45) is 3.67. The average Bonchev–Trinajstić information content (AvgIpc) is 2.64. The molecule has 0 radical (unpaired) electrons. The number of benzene rings is 1. The molecule has 128 valence electrons. The van der Waals surface area contributed by atoms with Crippen LogP contribution in [-0.4, -0.2) is 54.4 Å². The minimum atomic E-state index is 0.153. The second-order valence-electron chi connectivity index (χ2n) is 6.02. The number of para-hydroxylation sites is 1. The molecule has 2 aromatic rings. The van der Waals surface area contributed by atoms with Crippen LogP contribution in [0.15, 0.2) is 48.8 Å². The van der Waals surface area contributed by atoms with E-state index in [0.717, 1.165) is 45.0 Å². The van der Waals surface area contributed by atoms with Crippen molar-refractivity contribution in [3.63, 3.8) is 0 Å². The summed E-state index contributed by atoms with van der Waals surface area (Å²) in [5, 5.41) is 9.43. The minimum Gasteiger partial charge on any atom is -0.395 e. The van der Waals surface area contributed by atoms with Crippen LogP contribution in [-0.2, 0) is 17.8 Å². The summed E-state index contributed by atoms with van der Waals surface area (Å²) in [7, 11) is 0. The van der Waals surface area contributed by atoms with E-state index in [1.807, 2.05) is 12.3 Å². The molecule has 1 fully saturated rings. The molecular formula is C19H25N3O2. The maximum absolute atomic E-state index is 9.43. The van der Waals surface area contributed by atoms with Crippen molar-refractivity contribution in [1.82, 2.24) is 9.88 Å². The molecule has 1 aromatic heterocycles. The van der Waals surface area contributed by atoms with Gasteiger partial charge in [0.1, 0.15) is 0 Å². The molecule has 2 heterocycles. The van der Waals surface area contributed by atoms with Gasteiger partial charge >= 0.3 is 0 Å². The maximum atomic E-state index is 9.43. The molecule has 0 spiro atoms.